The van der Waals surface area contributed by atoms with E-state index in [4.69, 9.17) is 4.74 Å². The van der Waals surface area contributed by atoms with E-state index in [0.717, 1.165) is 17.1 Å². The van der Waals surface area contributed by atoms with Crippen molar-refractivity contribution in [2.24, 2.45) is 0 Å². The van der Waals surface area contributed by atoms with Gasteiger partial charge in [-0.15, -0.1) is 12.6 Å². The smallest absolute Gasteiger partial charge is 0.126 e. The zero-order valence-corrected chi connectivity index (χ0v) is 11.0. The molecule has 0 bridgehead atoms. The topological polar surface area (TPSA) is 9.23 Å². The van der Waals surface area contributed by atoms with Gasteiger partial charge in [-0.25, -0.2) is 0 Å². The summed E-state index contributed by atoms with van der Waals surface area (Å²) in [7, 11) is 0. The molecule has 0 aliphatic carbocycles. The van der Waals surface area contributed by atoms with Crippen molar-refractivity contribution in [2.75, 3.05) is 0 Å². The Bertz CT molecular complexity index is 394. The average molecular weight is 222 g/mol. The van der Waals surface area contributed by atoms with Crippen LogP contribution >= 0.6 is 12.6 Å². The first-order chi connectivity index (χ1) is 6.83. The minimum absolute atomic E-state index is 0.0636. The fourth-order valence-electron chi connectivity index (χ4n) is 2.26. The maximum atomic E-state index is 6.01. The molecule has 0 aromatic heterocycles. The van der Waals surface area contributed by atoms with Crippen molar-refractivity contribution in [1.29, 1.82) is 0 Å². The SMILES string of the molecule is Cc1c(C)c2c(c(C)c1S)CC(C)(C)O2. The molecule has 0 unspecified atom stereocenters. The van der Waals surface area contributed by atoms with E-state index in [2.05, 4.69) is 47.2 Å². The lowest BCUT2D eigenvalue weighted by Crippen LogP contribution is -2.24. The van der Waals surface area contributed by atoms with Crippen molar-refractivity contribution in [3.63, 3.8) is 0 Å². The molecule has 1 aliphatic rings. The molecule has 1 heterocycles. The number of thiol groups is 1. The summed E-state index contributed by atoms with van der Waals surface area (Å²) in [5.41, 5.74) is 5.04. The van der Waals surface area contributed by atoms with Crippen LogP contribution in [0.3, 0.4) is 0 Å². The van der Waals surface area contributed by atoms with Crippen molar-refractivity contribution in [1.82, 2.24) is 0 Å². The second kappa shape index (κ2) is 3.18. The first-order valence-electron chi connectivity index (χ1n) is 5.34. The molecular weight excluding hydrogens is 204 g/mol. The number of hydrogen-bond acceptors (Lipinski definition) is 2. The summed E-state index contributed by atoms with van der Waals surface area (Å²) < 4.78 is 6.01. The molecule has 1 nitrogen and oxygen atoms in total. The van der Waals surface area contributed by atoms with E-state index in [1.54, 1.807) is 0 Å². The molecule has 1 aliphatic heterocycles. The minimum atomic E-state index is -0.0636. The summed E-state index contributed by atoms with van der Waals surface area (Å²) in [6, 6.07) is 0. The van der Waals surface area contributed by atoms with Gasteiger partial charge in [-0.3, -0.25) is 0 Å². The summed E-state index contributed by atoms with van der Waals surface area (Å²) in [4.78, 5) is 1.12. The summed E-state index contributed by atoms with van der Waals surface area (Å²) in [5.74, 6) is 1.09. The zero-order chi connectivity index (χ0) is 11.4. The van der Waals surface area contributed by atoms with E-state index in [9.17, 15) is 0 Å². The van der Waals surface area contributed by atoms with Crippen molar-refractivity contribution >= 4 is 12.6 Å². The highest BCUT2D eigenvalue weighted by Gasteiger charge is 2.33. The van der Waals surface area contributed by atoms with Crippen molar-refractivity contribution < 1.29 is 4.74 Å². The number of rotatable bonds is 0. The summed E-state index contributed by atoms with van der Waals surface area (Å²) in [5, 5.41) is 0. The molecule has 2 rings (SSSR count). The van der Waals surface area contributed by atoms with Crippen LogP contribution in [0.1, 0.15) is 36.1 Å². The molecule has 0 saturated heterocycles. The number of benzene rings is 1. The van der Waals surface area contributed by atoms with E-state index >= 15 is 0 Å². The highest BCUT2D eigenvalue weighted by atomic mass is 32.1. The average Bonchev–Trinajstić information content (AvgIpc) is 2.48. The molecule has 0 saturated carbocycles. The van der Waals surface area contributed by atoms with E-state index in [0.29, 0.717) is 0 Å². The normalized spacial score (nSPS) is 17.5. The second-order valence-electron chi connectivity index (χ2n) is 5.07. The summed E-state index contributed by atoms with van der Waals surface area (Å²) in [6.07, 6.45) is 0.989. The van der Waals surface area contributed by atoms with E-state index < -0.39 is 0 Å². The summed E-state index contributed by atoms with van der Waals surface area (Å²) in [6.45, 7) is 10.6. The molecule has 0 atom stereocenters. The van der Waals surface area contributed by atoms with Crippen molar-refractivity contribution in [3.05, 3.63) is 22.3 Å². The Hall–Kier alpha value is -0.630. The highest BCUT2D eigenvalue weighted by molar-refractivity contribution is 7.80. The molecule has 1 aromatic carbocycles. The van der Waals surface area contributed by atoms with Crippen LogP contribution in [0.2, 0.25) is 0 Å². The third kappa shape index (κ3) is 1.55. The molecular formula is C13H18OS. The van der Waals surface area contributed by atoms with Crippen LogP contribution < -0.4 is 4.74 Å². The van der Waals surface area contributed by atoms with Gasteiger partial charge in [0.05, 0.1) is 0 Å². The van der Waals surface area contributed by atoms with Crippen LogP contribution in [0.5, 0.6) is 5.75 Å². The predicted molar refractivity (Wildman–Crippen MR) is 66.3 cm³/mol. The van der Waals surface area contributed by atoms with Gasteiger partial charge in [-0.2, -0.15) is 0 Å². The van der Waals surface area contributed by atoms with Gasteiger partial charge in [0.25, 0.3) is 0 Å². The van der Waals surface area contributed by atoms with Crippen LogP contribution in [0, 0.1) is 20.8 Å². The Morgan fingerprint density at radius 3 is 2.27 bits per heavy atom. The molecule has 0 fully saturated rings. The van der Waals surface area contributed by atoms with Gasteiger partial charge in [0, 0.05) is 16.9 Å². The van der Waals surface area contributed by atoms with Crippen LogP contribution in [0.4, 0.5) is 0 Å². The Kier molecular flexibility index (Phi) is 2.30. The molecule has 0 spiro atoms. The van der Waals surface area contributed by atoms with E-state index in [-0.39, 0.29) is 5.60 Å². The maximum absolute atomic E-state index is 6.01. The number of ether oxygens (including phenoxy) is 1. The molecule has 15 heavy (non-hydrogen) atoms. The Balaban J connectivity index is 2.69. The fourth-order valence-corrected chi connectivity index (χ4v) is 2.56. The molecule has 2 heteroatoms. The van der Waals surface area contributed by atoms with Gasteiger partial charge in [0.15, 0.2) is 0 Å². The third-order valence-corrected chi connectivity index (χ3v) is 3.99. The van der Waals surface area contributed by atoms with Gasteiger partial charge in [0.2, 0.25) is 0 Å². The van der Waals surface area contributed by atoms with Gasteiger partial charge in [-0.1, -0.05) is 0 Å². The largest absolute Gasteiger partial charge is 0.487 e. The van der Waals surface area contributed by atoms with Gasteiger partial charge >= 0.3 is 0 Å². The Morgan fingerprint density at radius 2 is 1.67 bits per heavy atom. The number of hydrogen-bond donors (Lipinski definition) is 1. The Morgan fingerprint density at radius 1 is 1.07 bits per heavy atom. The lowest BCUT2D eigenvalue weighted by Gasteiger charge is -2.18. The first-order valence-corrected chi connectivity index (χ1v) is 5.79. The summed E-state index contributed by atoms with van der Waals surface area (Å²) >= 11 is 4.58. The second-order valence-corrected chi connectivity index (χ2v) is 5.52. The lowest BCUT2D eigenvalue weighted by atomic mass is 9.94. The van der Waals surface area contributed by atoms with Gasteiger partial charge in [-0.05, 0) is 51.3 Å². The van der Waals surface area contributed by atoms with E-state index in [1.165, 1.54) is 22.3 Å². The minimum Gasteiger partial charge on any atom is -0.487 e. The zero-order valence-electron chi connectivity index (χ0n) is 10.1. The maximum Gasteiger partial charge on any atom is 0.126 e. The van der Waals surface area contributed by atoms with Crippen LogP contribution in [-0.4, -0.2) is 5.60 Å². The monoisotopic (exact) mass is 222 g/mol. The fraction of sp³-hybridized carbons (Fsp3) is 0.538. The number of fused-ring (bicyclic) bond motifs is 1. The standard InChI is InChI=1S/C13H18OS/c1-7-8(2)12(15)9(3)10-6-13(4,5)14-11(7)10/h15H,6H2,1-5H3. The lowest BCUT2D eigenvalue weighted by molar-refractivity contribution is 0.137. The van der Waals surface area contributed by atoms with Gasteiger partial charge in [0.1, 0.15) is 11.4 Å². The van der Waals surface area contributed by atoms with Crippen LogP contribution in [0.15, 0.2) is 4.90 Å². The first kappa shape index (κ1) is 10.9. The molecule has 82 valence electrons. The predicted octanol–water partition coefficient (Wildman–Crippen LogP) is 3.61. The van der Waals surface area contributed by atoms with Crippen molar-refractivity contribution in [2.45, 2.75) is 51.5 Å². The van der Waals surface area contributed by atoms with Crippen molar-refractivity contribution in [3.8, 4) is 5.75 Å². The molecule has 0 N–H and O–H groups in total. The quantitative estimate of drug-likeness (QED) is 0.660. The van der Waals surface area contributed by atoms with Crippen LogP contribution in [0.25, 0.3) is 0 Å². The van der Waals surface area contributed by atoms with E-state index in [1.807, 2.05) is 0 Å². The highest BCUT2D eigenvalue weighted by Crippen LogP contribution is 2.43. The molecule has 0 radical (unpaired) electrons. The molecule has 1 aromatic rings. The Labute approximate surface area is 97.2 Å². The van der Waals surface area contributed by atoms with Gasteiger partial charge < -0.3 is 4.74 Å². The van der Waals surface area contributed by atoms with Crippen LogP contribution in [-0.2, 0) is 6.42 Å². The third-order valence-electron chi connectivity index (χ3n) is 3.32. The molecule has 0 amide bonds.